The maximum Gasteiger partial charge on any atom is 0.175 e. The van der Waals surface area contributed by atoms with Gasteiger partial charge in [0.05, 0.1) is 11.2 Å². The average molecular weight is 204 g/mol. The van der Waals surface area contributed by atoms with Crippen molar-refractivity contribution in [2.75, 3.05) is 5.73 Å². The van der Waals surface area contributed by atoms with Crippen molar-refractivity contribution in [3.05, 3.63) is 29.5 Å². The smallest absolute Gasteiger partial charge is 0.175 e. The van der Waals surface area contributed by atoms with Gasteiger partial charge in [0.2, 0.25) is 0 Å². The molecule has 0 aliphatic rings. The van der Waals surface area contributed by atoms with Crippen LogP contribution in [0.2, 0.25) is 5.15 Å². The SMILES string of the molecule is Cl.Nc1c(Cl)nn2ccccc12. The van der Waals surface area contributed by atoms with E-state index in [0.29, 0.717) is 10.8 Å². The van der Waals surface area contributed by atoms with Crippen LogP contribution in [0.3, 0.4) is 0 Å². The van der Waals surface area contributed by atoms with Crippen molar-refractivity contribution in [3.63, 3.8) is 0 Å². The van der Waals surface area contributed by atoms with Crippen LogP contribution in [0.15, 0.2) is 24.4 Å². The van der Waals surface area contributed by atoms with Crippen molar-refractivity contribution in [1.29, 1.82) is 0 Å². The Morgan fingerprint density at radius 2 is 2.17 bits per heavy atom. The van der Waals surface area contributed by atoms with Gasteiger partial charge in [0.1, 0.15) is 0 Å². The molecule has 2 N–H and O–H groups in total. The van der Waals surface area contributed by atoms with Crippen LogP contribution in [-0.4, -0.2) is 9.61 Å². The van der Waals surface area contributed by atoms with E-state index < -0.39 is 0 Å². The lowest BCUT2D eigenvalue weighted by atomic mass is 10.4. The first-order chi connectivity index (χ1) is 5.29. The van der Waals surface area contributed by atoms with E-state index in [2.05, 4.69) is 5.10 Å². The number of aromatic nitrogens is 2. The van der Waals surface area contributed by atoms with E-state index in [1.165, 1.54) is 0 Å². The molecule has 0 atom stereocenters. The molecule has 0 aliphatic carbocycles. The van der Waals surface area contributed by atoms with Crippen molar-refractivity contribution in [1.82, 2.24) is 9.61 Å². The van der Waals surface area contributed by atoms with E-state index in [0.717, 1.165) is 5.52 Å². The van der Waals surface area contributed by atoms with E-state index in [1.54, 1.807) is 10.7 Å². The molecule has 3 nitrogen and oxygen atoms in total. The number of nitrogens with two attached hydrogens (primary N) is 1. The van der Waals surface area contributed by atoms with Crippen LogP contribution >= 0.6 is 24.0 Å². The summed E-state index contributed by atoms with van der Waals surface area (Å²) in [5.74, 6) is 0. The van der Waals surface area contributed by atoms with E-state index in [9.17, 15) is 0 Å². The molecule has 0 fully saturated rings. The van der Waals surface area contributed by atoms with Crippen molar-refractivity contribution < 1.29 is 0 Å². The summed E-state index contributed by atoms with van der Waals surface area (Å²) in [6.45, 7) is 0. The Morgan fingerprint density at radius 1 is 1.42 bits per heavy atom. The maximum absolute atomic E-state index is 5.70. The molecule has 2 heterocycles. The summed E-state index contributed by atoms with van der Waals surface area (Å²) < 4.78 is 1.65. The predicted molar refractivity (Wildman–Crippen MR) is 51.9 cm³/mol. The molecule has 0 amide bonds. The Kier molecular flexibility index (Phi) is 2.45. The van der Waals surface area contributed by atoms with Crippen molar-refractivity contribution in [3.8, 4) is 0 Å². The van der Waals surface area contributed by atoms with Gasteiger partial charge in [-0.3, -0.25) is 0 Å². The van der Waals surface area contributed by atoms with Gasteiger partial charge in [-0.25, -0.2) is 4.52 Å². The number of pyridine rings is 1. The molecule has 2 aromatic rings. The lowest BCUT2D eigenvalue weighted by Gasteiger charge is -1.89. The van der Waals surface area contributed by atoms with Gasteiger partial charge in [-0.05, 0) is 12.1 Å². The number of fused-ring (bicyclic) bond motifs is 1. The van der Waals surface area contributed by atoms with Gasteiger partial charge in [-0.2, -0.15) is 5.10 Å². The zero-order chi connectivity index (χ0) is 7.84. The number of hydrogen-bond donors (Lipinski definition) is 1. The fraction of sp³-hybridized carbons (Fsp3) is 0. The van der Waals surface area contributed by atoms with Gasteiger partial charge < -0.3 is 5.73 Å². The third kappa shape index (κ3) is 1.21. The third-order valence-corrected chi connectivity index (χ3v) is 1.81. The monoisotopic (exact) mass is 203 g/mol. The first-order valence-electron chi connectivity index (χ1n) is 3.17. The first-order valence-corrected chi connectivity index (χ1v) is 3.55. The minimum atomic E-state index is 0. The van der Waals surface area contributed by atoms with Gasteiger partial charge in [0.15, 0.2) is 5.15 Å². The number of rotatable bonds is 0. The molecular weight excluding hydrogens is 197 g/mol. The summed E-state index contributed by atoms with van der Waals surface area (Å²) in [7, 11) is 0. The largest absolute Gasteiger partial charge is 0.394 e. The summed E-state index contributed by atoms with van der Waals surface area (Å²) in [6, 6.07) is 5.63. The molecule has 0 aliphatic heterocycles. The highest BCUT2D eigenvalue weighted by Gasteiger charge is 2.04. The summed E-state index contributed by atoms with van der Waals surface area (Å²) in [5.41, 5.74) is 7.00. The minimum absolute atomic E-state index is 0. The highest BCUT2D eigenvalue weighted by Crippen LogP contribution is 2.21. The van der Waals surface area contributed by atoms with Crippen molar-refractivity contribution in [2.45, 2.75) is 0 Å². The van der Waals surface area contributed by atoms with Gasteiger partial charge in [0, 0.05) is 6.20 Å². The molecule has 64 valence electrons. The summed E-state index contributed by atoms with van der Waals surface area (Å²) in [5, 5.41) is 4.33. The Hall–Kier alpha value is -0.930. The zero-order valence-electron chi connectivity index (χ0n) is 6.07. The fourth-order valence-electron chi connectivity index (χ4n) is 0.989. The normalized spacial score (nSPS) is 9.75. The van der Waals surface area contributed by atoms with Gasteiger partial charge in [-0.1, -0.05) is 17.7 Å². The molecule has 0 radical (unpaired) electrons. The molecule has 12 heavy (non-hydrogen) atoms. The Morgan fingerprint density at radius 3 is 2.83 bits per heavy atom. The highest BCUT2D eigenvalue weighted by molar-refractivity contribution is 6.32. The third-order valence-electron chi connectivity index (χ3n) is 1.53. The second kappa shape index (κ2) is 3.21. The molecule has 0 aromatic carbocycles. The molecule has 2 rings (SSSR count). The average Bonchev–Trinajstić information content (AvgIpc) is 2.30. The summed E-state index contributed by atoms with van der Waals surface area (Å²) in [4.78, 5) is 0. The molecule has 0 saturated heterocycles. The van der Waals surface area contributed by atoms with E-state index in [1.807, 2.05) is 18.2 Å². The molecule has 0 spiro atoms. The van der Waals surface area contributed by atoms with Crippen LogP contribution in [0.25, 0.3) is 5.52 Å². The van der Waals surface area contributed by atoms with Crippen LogP contribution in [0, 0.1) is 0 Å². The van der Waals surface area contributed by atoms with Gasteiger partial charge >= 0.3 is 0 Å². The number of anilines is 1. The molecule has 0 unspecified atom stereocenters. The molecule has 2 aromatic heterocycles. The van der Waals surface area contributed by atoms with Crippen molar-refractivity contribution in [2.24, 2.45) is 0 Å². The zero-order valence-corrected chi connectivity index (χ0v) is 7.64. The lowest BCUT2D eigenvalue weighted by molar-refractivity contribution is 0.962. The van der Waals surface area contributed by atoms with E-state index >= 15 is 0 Å². The topological polar surface area (TPSA) is 43.3 Å². The quantitative estimate of drug-likeness (QED) is 0.712. The van der Waals surface area contributed by atoms with Crippen LogP contribution in [0.5, 0.6) is 0 Å². The van der Waals surface area contributed by atoms with Crippen LogP contribution < -0.4 is 5.73 Å². The Bertz CT molecular complexity index is 396. The number of nitrogens with zero attached hydrogens (tertiary/aromatic N) is 2. The van der Waals surface area contributed by atoms with Crippen LogP contribution in [0.1, 0.15) is 0 Å². The standard InChI is InChI=1S/C7H6ClN3.ClH/c8-7-6(9)5-3-1-2-4-11(5)10-7;/h1-4H,9H2;1H. The first kappa shape index (κ1) is 9.16. The number of hydrogen-bond acceptors (Lipinski definition) is 2. The minimum Gasteiger partial charge on any atom is -0.394 e. The lowest BCUT2D eigenvalue weighted by Crippen LogP contribution is -1.85. The highest BCUT2D eigenvalue weighted by atomic mass is 35.5. The number of nitrogen functional groups attached to an aromatic ring is 1. The Labute approximate surface area is 80.5 Å². The molecule has 0 bridgehead atoms. The Balaban J connectivity index is 0.000000720. The summed E-state index contributed by atoms with van der Waals surface area (Å²) in [6.07, 6.45) is 1.80. The second-order valence-electron chi connectivity index (χ2n) is 2.23. The molecular formula is C7H7Cl2N3. The maximum atomic E-state index is 5.70. The molecule has 0 saturated carbocycles. The van der Waals surface area contributed by atoms with E-state index in [-0.39, 0.29) is 12.4 Å². The summed E-state index contributed by atoms with van der Waals surface area (Å²) >= 11 is 5.70. The molecule has 5 heteroatoms. The van der Waals surface area contributed by atoms with Gasteiger partial charge in [-0.15, -0.1) is 12.4 Å². The van der Waals surface area contributed by atoms with Crippen molar-refractivity contribution >= 4 is 35.2 Å². The van der Waals surface area contributed by atoms with E-state index in [4.69, 9.17) is 17.3 Å². The van der Waals surface area contributed by atoms with Crippen LogP contribution in [0.4, 0.5) is 5.69 Å². The predicted octanol–water partition coefficient (Wildman–Crippen LogP) is 1.99. The number of halogens is 2. The fourth-order valence-corrected chi connectivity index (χ4v) is 1.17. The van der Waals surface area contributed by atoms with Gasteiger partial charge in [0.25, 0.3) is 0 Å². The second-order valence-corrected chi connectivity index (χ2v) is 2.59. The van der Waals surface area contributed by atoms with Crippen LogP contribution in [-0.2, 0) is 0 Å².